The van der Waals surface area contributed by atoms with Gasteiger partial charge >= 0.3 is 0 Å². The Hall–Kier alpha value is -2.76. The molecule has 3 aromatic rings. The largest absolute Gasteiger partial charge is 0.340 e. The van der Waals surface area contributed by atoms with E-state index in [1.165, 1.54) is 11.1 Å². The van der Waals surface area contributed by atoms with E-state index in [0.29, 0.717) is 0 Å². The fourth-order valence-electron chi connectivity index (χ4n) is 3.61. The van der Waals surface area contributed by atoms with E-state index in [9.17, 15) is 0 Å². The number of nitrogens with one attached hydrogen (secondary N) is 1. The van der Waals surface area contributed by atoms with E-state index >= 15 is 0 Å². The second-order valence-corrected chi connectivity index (χ2v) is 7.90. The summed E-state index contributed by atoms with van der Waals surface area (Å²) in [5.74, 6) is 1.67. The molecule has 1 saturated heterocycles. The first kappa shape index (κ1) is 19.6. The summed E-state index contributed by atoms with van der Waals surface area (Å²) in [5.41, 5.74) is 5.54. The van der Waals surface area contributed by atoms with Gasteiger partial charge in [0.05, 0.1) is 0 Å². The summed E-state index contributed by atoms with van der Waals surface area (Å²) in [6, 6.07) is 18.6. The van der Waals surface area contributed by atoms with Gasteiger partial charge in [0.1, 0.15) is 5.82 Å². The molecule has 150 valence electrons. The number of likely N-dealkylation sites (N-methyl/N-ethyl adjacent to an activating group) is 1. The number of piperazine rings is 1. The standard InChI is InChI=1S/C24H29N5/c1-18-9-11-21(12-10-18)26-24-22(17-29-15-13-28(3)14-16-29)19(2)25-23(27-24)20-7-5-4-6-8-20/h4-12H,13-17H2,1-3H3,(H,25,26,27). The molecule has 0 saturated carbocycles. The van der Waals surface area contributed by atoms with Crippen LogP contribution in [0.1, 0.15) is 16.8 Å². The monoisotopic (exact) mass is 387 g/mol. The van der Waals surface area contributed by atoms with E-state index in [1.54, 1.807) is 0 Å². The van der Waals surface area contributed by atoms with Crippen molar-refractivity contribution in [1.82, 2.24) is 19.8 Å². The normalized spacial score (nSPS) is 15.4. The van der Waals surface area contributed by atoms with Crippen molar-refractivity contribution in [2.24, 2.45) is 0 Å². The molecule has 5 nitrogen and oxygen atoms in total. The molecule has 0 atom stereocenters. The van der Waals surface area contributed by atoms with Crippen LogP contribution < -0.4 is 5.32 Å². The van der Waals surface area contributed by atoms with Crippen LogP contribution in [-0.2, 0) is 6.54 Å². The SMILES string of the molecule is Cc1ccc(Nc2nc(-c3ccccc3)nc(C)c2CN2CCN(C)CC2)cc1. The van der Waals surface area contributed by atoms with E-state index in [2.05, 4.69) is 72.4 Å². The molecule has 0 amide bonds. The maximum absolute atomic E-state index is 4.94. The van der Waals surface area contributed by atoms with Gasteiger partial charge in [-0.3, -0.25) is 4.90 Å². The summed E-state index contributed by atoms with van der Waals surface area (Å²) in [4.78, 5) is 14.7. The van der Waals surface area contributed by atoms with Gasteiger partial charge in [-0.05, 0) is 33.0 Å². The van der Waals surface area contributed by atoms with E-state index in [4.69, 9.17) is 9.97 Å². The zero-order valence-electron chi connectivity index (χ0n) is 17.5. The minimum absolute atomic E-state index is 0.764. The topological polar surface area (TPSA) is 44.3 Å². The Bertz CT molecular complexity index is 945. The molecule has 0 radical (unpaired) electrons. The number of aromatic nitrogens is 2. The van der Waals surface area contributed by atoms with Gasteiger partial charge in [-0.15, -0.1) is 0 Å². The smallest absolute Gasteiger partial charge is 0.161 e. The van der Waals surface area contributed by atoms with Crippen LogP contribution in [0.3, 0.4) is 0 Å². The lowest BCUT2D eigenvalue weighted by atomic mass is 10.1. The average Bonchev–Trinajstić information content (AvgIpc) is 2.74. The number of aryl methyl sites for hydroxylation is 2. The van der Waals surface area contributed by atoms with E-state index in [0.717, 1.165) is 61.3 Å². The zero-order chi connectivity index (χ0) is 20.2. The second kappa shape index (κ2) is 8.72. The number of benzene rings is 2. The number of nitrogens with zero attached hydrogens (tertiary/aromatic N) is 4. The van der Waals surface area contributed by atoms with Crippen LogP contribution in [0.25, 0.3) is 11.4 Å². The second-order valence-electron chi connectivity index (χ2n) is 7.90. The molecule has 1 aliphatic heterocycles. The summed E-state index contributed by atoms with van der Waals surface area (Å²) < 4.78 is 0. The molecule has 1 N–H and O–H groups in total. The van der Waals surface area contributed by atoms with Crippen molar-refractivity contribution >= 4 is 11.5 Å². The third-order valence-corrected chi connectivity index (χ3v) is 5.54. The predicted octanol–water partition coefficient (Wildman–Crippen LogP) is 4.25. The molecule has 2 aromatic carbocycles. The number of hydrogen-bond acceptors (Lipinski definition) is 5. The van der Waals surface area contributed by atoms with Crippen LogP contribution in [0.5, 0.6) is 0 Å². The highest BCUT2D eigenvalue weighted by Crippen LogP contribution is 2.26. The van der Waals surface area contributed by atoms with Crippen molar-refractivity contribution < 1.29 is 0 Å². The molecule has 0 aliphatic carbocycles. The maximum Gasteiger partial charge on any atom is 0.161 e. The third-order valence-electron chi connectivity index (χ3n) is 5.54. The molecule has 5 heteroatoms. The van der Waals surface area contributed by atoms with Gasteiger partial charge in [-0.25, -0.2) is 9.97 Å². The van der Waals surface area contributed by atoms with Crippen LogP contribution in [0.15, 0.2) is 54.6 Å². The molecule has 1 aromatic heterocycles. The minimum atomic E-state index is 0.764. The molecule has 0 unspecified atom stereocenters. The fourth-order valence-corrected chi connectivity index (χ4v) is 3.61. The molecule has 2 heterocycles. The molecule has 0 spiro atoms. The van der Waals surface area contributed by atoms with Crippen molar-refractivity contribution in [1.29, 1.82) is 0 Å². The Balaban J connectivity index is 1.69. The van der Waals surface area contributed by atoms with Crippen LogP contribution >= 0.6 is 0 Å². The van der Waals surface area contributed by atoms with E-state index in [-0.39, 0.29) is 0 Å². The first-order valence-corrected chi connectivity index (χ1v) is 10.3. The van der Waals surface area contributed by atoms with Crippen LogP contribution in [0, 0.1) is 13.8 Å². The summed E-state index contributed by atoms with van der Waals surface area (Å²) >= 11 is 0. The summed E-state index contributed by atoms with van der Waals surface area (Å²) in [6.07, 6.45) is 0. The first-order valence-electron chi connectivity index (χ1n) is 10.3. The summed E-state index contributed by atoms with van der Waals surface area (Å²) in [6.45, 7) is 9.40. The van der Waals surface area contributed by atoms with Crippen LogP contribution in [-0.4, -0.2) is 53.0 Å². The highest BCUT2D eigenvalue weighted by molar-refractivity contribution is 5.65. The number of anilines is 2. The Morgan fingerprint density at radius 2 is 1.55 bits per heavy atom. The Morgan fingerprint density at radius 1 is 0.862 bits per heavy atom. The Morgan fingerprint density at radius 3 is 2.24 bits per heavy atom. The number of rotatable bonds is 5. The predicted molar refractivity (Wildman–Crippen MR) is 119 cm³/mol. The minimum Gasteiger partial charge on any atom is -0.340 e. The van der Waals surface area contributed by atoms with Crippen molar-refractivity contribution in [3.05, 3.63) is 71.4 Å². The van der Waals surface area contributed by atoms with E-state index in [1.807, 2.05) is 18.2 Å². The number of hydrogen-bond donors (Lipinski definition) is 1. The molecule has 4 rings (SSSR count). The summed E-state index contributed by atoms with van der Waals surface area (Å²) in [5, 5.41) is 3.56. The maximum atomic E-state index is 4.94. The van der Waals surface area contributed by atoms with Gasteiger partial charge in [-0.1, -0.05) is 48.0 Å². The highest BCUT2D eigenvalue weighted by Gasteiger charge is 2.19. The van der Waals surface area contributed by atoms with E-state index < -0.39 is 0 Å². The lowest BCUT2D eigenvalue weighted by Gasteiger charge is -2.33. The first-order chi connectivity index (χ1) is 14.1. The third kappa shape index (κ3) is 4.81. The van der Waals surface area contributed by atoms with Crippen LogP contribution in [0.4, 0.5) is 11.5 Å². The Labute approximate surface area is 173 Å². The quantitative estimate of drug-likeness (QED) is 0.709. The average molecular weight is 388 g/mol. The van der Waals surface area contributed by atoms with Crippen molar-refractivity contribution in [3.8, 4) is 11.4 Å². The Kier molecular flexibility index (Phi) is 5.88. The fraction of sp³-hybridized carbons (Fsp3) is 0.333. The molecule has 0 bridgehead atoms. The van der Waals surface area contributed by atoms with Gasteiger partial charge in [-0.2, -0.15) is 0 Å². The lowest BCUT2D eigenvalue weighted by molar-refractivity contribution is 0.148. The molecule has 29 heavy (non-hydrogen) atoms. The van der Waals surface area contributed by atoms with Gasteiger partial charge in [0.15, 0.2) is 5.82 Å². The molecule has 1 fully saturated rings. The molecule has 1 aliphatic rings. The van der Waals surface area contributed by atoms with Crippen molar-refractivity contribution in [2.75, 3.05) is 38.5 Å². The van der Waals surface area contributed by atoms with Crippen LogP contribution in [0.2, 0.25) is 0 Å². The highest BCUT2D eigenvalue weighted by atomic mass is 15.2. The zero-order valence-corrected chi connectivity index (χ0v) is 17.5. The van der Waals surface area contributed by atoms with Crippen molar-refractivity contribution in [3.63, 3.8) is 0 Å². The van der Waals surface area contributed by atoms with Gasteiger partial charge in [0, 0.05) is 55.2 Å². The lowest BCUT2D eigenvalue weighted by Crippen LogP contribution is -2.44. The van der Waals surface area contributed by atoms with Gasteiger partial charge in [0.25, 0.3) is 0 Å². The summed E-state index contributed by atoms with van der Waals surface area (Å²) in [7, 11) is 2.19. The molecular formula is C24H29N5. The van der Waals surface area contributed by atoms with Gasteiger partial charge in [0.2, 0.25) is 0 Å². The van der Waals surface area contributed by atoms with Crippen molar-refractivity contribution in [2.45, 2.75) is 20.4 Å². The van der Waals surface area contributed by atoms with Gasteiger partial charge < -0.3 is 10.2 Å². The molecular weight excluding hydrogens is 358 g/mol.